The quantitative estimate of drug-likeness (QED) is 0.473. The number of nitrogens with zero attached hydrogens (tertiary/aromatic N) is 1. The summed E-state index contributed by atoms with van der Waals surface area (Å²) in [5.74, 6) is 0.206. The Morgan fingerprint density at radius 3 is 2.36 bits per heavy atom. The number of rotatable bonds is 9. The fraction of sp³-hybridized carbons (Fsp3) is 0.462. The van der Waals surface area contributed by atoms with E-state index in [-0.39, 0.29) is 31.0 Å². The Hall–Kier alpha value is -2.24. The Morgan fingerprint density at radius 1 is 1.06 bits per heavy atom. The molecule has 0 saturated heterocycles. The number of carbonyl (C=O) groups excluding carboxylic acids is 2. The summed E-state index contributed by atoms with van der Waals surface area (Å²) in [6.45, 7) is 3.78. The van der Waals surface area contributed by atoms with E-state index in [9.17, 15) is 9.59 Å². The summed E-state index contributed by atoms with van der Waals surface area (Å²) in [6, 6.07) is 12.3. The lowest BCUT2D eigenvalue weighted by atomic mass is 9.95. The van der Waals surface area contributed by atoms with Crippen molar-refractivity contribution < 1.29 is 14.3 Å². The molecule has 0 heterocycles. The molecular formula is C26H32Cl2N2O3. The van der Waals surface area contributed by atoms with E-state index in [0.29, 0.717) is 27.8 Å². The summed E-state index contributed by atoms with van der Waals surface area (Å²) in [5, 5.41) is 4.09. The first-order valence-electron chi connectivity index (χ1n) is 11.6. The van der Waals surface area contributed by atoms with Gasteiger partial charge in [0.1, 0.15) is 11.8 Å². The molecule has 0 spiro atoms. The van der Waals surface area contributed by atoms with Crippen molar-refractivity contribution in [3.05, 3.63) is 63.6 Å². The average Bonchev–Trinajstić information content (AvgIpc) is 2.80. The van der Waals surface area contributed by atoms with Crippen LogP contribution in [0, 0.1) is 6.92 Å². The van der Waals surface area contributed by atoms with Crippen molar-refractivity contribution in [1.29, 1.82) is 0 Å². The molecule has 178 valence electrons. The molecule has 1 N–H and O–H groups in total. The maximum absolute atomic E-state index is 13.4. The largest absolute Gasteiger partial charge is 0.484 e. The minimum Gasteiger partial charge on any atom is -0.484 e. The molecule has 5 nitrogen and oxygen atoms in total. The lowest BCUT2D eigenvalue weighted by Crippen LogP contribution is -2.52. The predicted molar refractivity (Wildman–Crippen MR) is 133 cm³/mol. The Morgan fingerprint density at radius 2 is 1.73 bits per heavy atom. The van der Waals surface area contributed by atoms with Crippen LogP contribution >= 0.6 is 23.2 Å². The standard InChI is InChI=1S/C26H32Cl2N2O3/c1-3-23(26(32)29-19-11-5-4-6-12-19)30(16-20-21(27)13-9-14-22(20)28)25(31)17-33-24-15-8-7-10-18(24)2/h7-10,13-15,19,23H,3-6,11-12,16-17H2,1-2H3,(H,29,32)/t23-/m0/s1. The van der Waals surface area contributed by atoms with Crippen molar-refractivity contribution in [3.8, 4) is 5.75 Å². The number of carbonyl (C=O) groups is 2. The first-order chi connectivity index (χ1) is 15.9. The normalized spacial score (nSPS) is 15.0. The van der Waals surface area contributed by atoms with Crippen LogP contribution in [0.3, 0.4) is 0 Å². The first kappa shape index (κ1) is 25.4. The Bertz CT molecular complexity index is 940. The van der Waals surface area contributed by atoms with E-state index in [1.165, 1.54) is 6.42 Å². The van der Waals surface area contributed by atoms with Gasteiger partial charge < -0.3 is 15.0 Å². The maximum atomic E-state index is 13.4. The highest BCUT2D eigenvalue weighted by Gasteiger charge is 2.31. The second-order valence-electron chi connectivity index (χ2n) is 8.54. The molecule has 0 aromatic heterocycles. The third kappa shape index (κ3) is 6.87. The van der Waals surface area contributed by atoms with E-state index < -0.39 is 6.04 Å². The highest BCUT2D eigenvalue weighted by Crippen LogP contribution is 2.27. The molecule has 2 aromatic carbocycles. The molecule has 0 bridgehead atoms. The van der Waals surface area contributed by atoms with Crippen LogP contribution in [0.25, 0.3) is 0 Å². The molecule has 1 saturated carbocycles. The number of aryl methyl sites for hydroxylation is 1. The van der Waals surface area contributed by atoms with Crippen LogP contribution in [0.5, 0.6) is 5.75 Å². The van der Waals surface area contributed by atoms with E-state index in [4.69, 9.17) is 27.9 Å². The molecule has 1 aliphatic carbocycles. The molecule has 3 rings (SSSR count). The van der Waals surface area contributed by atoms with Crippen LogP contribution in [-0.2, 0) is 16.1 Å². The van der Waals surface area contributed by atoms with Crippen LogP contribution in [0.2, 0.25) is 10.0 Å². The van der Waals surface area contributed by atoms with Crippen molar-refractivity contribution in [1.82, 2.24) is 10.2 Å². The number of ether oxygens (including phenoxy) is 1. The van der Waals surface area contributed by atoms with Gasteiger partial charge in [-0.15, -0.1) is 0 Å². The monoisotopic (exact) mass is 490 g/mol. The number of halogens is 2. The number of para-hydroxylation sites is 1. The Labute approximate surface area is 206 Å². The average molecular weight is 491 g/mol. The van der Waals surface area contributed by atoms with Gasteiger partial charge in [0.05, 0.1) is 0 Å². The molecule has 2 aromatic rings. The zero-order valence-corrected chi connectivity index (χ0v) is 20.8. The SMILES string of the molecule is CC[C@@H](C(=O)NC1CCCCC1)N(Cc1c(Cl)cccc1Cl)C(=O)COc1ccccc1C. The fourth-order valence-electron chi connectivity index (χ4n) is 4.26. The van der Waals surface area contributed by atoms with Crippen LogP contribution in [0.4, 0.5) is 0 Å². The molecule has 0 radical (unpaired) electrons. The second kappa shape index (κ2) is 12.3. The third-order valence-corrected chi connectivity index (χ3v) is 6.88. The predicted octanol–water partition coefficient (Wildman–Crippen LogP) is 5.94. The summed E-state index contributed by atoms with van der Waals surface area (Å²) in [5.41, 5.74) is 1.56. The summed E-state index contributed by atoms with van der Waals surface area (Å²) in [4.78, 5) is 28.2. The number of benzene rings is 2. The molecule has 33 heavy (non-hydrogen) atoms. The van der Waals surface area contributed by atoms with Crippen molar-refractivity contribution in [3.63, 3.8) is 0 Å². The van der Waals surface area contributed by atoms with Gasteiger partial charge in [0.2, 0.25) is 5.91 Å². The number of amides is 2. The van der Waals surface area contributed by atoms with Crippen LogP contribution in [-0.4, -0.2) is 35.4 Å². The highest BCUT2D eigenvalue weighted by atomic mass is 35.5. The molecule has 7 heteroatoms. The Kier molecular flexibility index (Phi) is 9.45. The maximum Gasteiger partial charge on any atom is 0.261 e. The van der Waals surface area contributed by atoms with E-state index in [2.05, 4.69) is 5.32 Å². The lowest BCUT2D eigenvalue weighted by Gasteiger charge is -2.33. The highest BCUT2D eigenvalue weighted by molar-refractivity contribution is 6.36. The van der Waals surface area contributed by atoms with Crippen molar-refractivity contribution in [2.24, 2.45) is 0 Å². The topological polar surface area (TPSA) is 58.6 Å². The van der Waals surface area contributed by atoms with Gasteiger partial charge in [0.25, 0.3) is 5.91 Å². The van der Waals surface area contributed by atoms with Gasteiger partial charge in [-0.3, -0.25) is 9.59 Å². The van der Waals surface area contributed by atoms with Gasteiger partial charge in [-0.05, 0) is 49.9 Å². The molecule has 1 aliphatic rings. The minimum absolute atomic E-state index is 0.130. The Balaban J connectivity index is 1.81. The van der Waals surface area contributed by atoms with Crippen molar-refractivity contribution >= 4 is 35.0 Å². The van der Waals surface area contributed by atoms with Gasteiger partial charge in [-0.2, -0.15) is 0 Å². The van der Waals surface area contributed by atoms with E-state index in [0.717, 1.165) is 31.2 Å². The van der Waals surface area contributed by atoms with Gasteiger partial charge in [-0.1, -0.05) is 73.7 Å². The minimum atomic E-state index is -0.646. The van der Waals surface area contributed by atoms with Crippen molar-refractivity contribution in [2.75, 3.05) is 6.61 Å². The van der Waals surface area contributed by atoms with E-state index in [1.54, 1.807) is 23.1 Å². The van der Waals surface area contributed by atoms with E-state index >= 15 is 0 Å². The lowest BCUT2D eigenvalue weighted by molar-refractivity contribution is -0.143. The van der Waals surface area contributed by atoms with Crippen LogP contribution < -0.4 is 10.1 Å². The molecule has 0 aliphatic heterocycles. The summed E-state index contributed by atoms with van der Waals surface area (Å²) < 4.78 is 5.81. The molecule has 2 amide bonds. The van der Waals surface area contributed by atoms with Crippen molar-refractivity contribution in [2.45, 2.75) is 71.0 Å². The first-order valence-corrected chi connectivity index (χ1v) is 12.4. The smallest absolute Gasteiger partial charge is 0.261 e. The zero-order valence-electron chi connectivity index (χ0n) is 19.3. The summed E-state index contributed by atoms with van der Waals surface area (Å²) in [6.07, 6.45) is 5.85. The molecule has 0 unspecified atom stereocenters. The zero-order chi connectivity index (χ0) is 23.8. The molecule has 1 atom stereocenters. The third-order valence-electron chi connectivity index (χ3n) is 6.17. The van der Waals surface area contributed by atoms with Crippen LogP contribution in [0.1, 0.15) is 56.6 Å². The second-order valence-corrected chi connectivity index (χ2v) is 9.36. The van der Waals surface area contributed by atoms with Gasteiger partial charge in [-0.25, -0.2) is 0 Å². The van der Waals surface area contributed by atoms with Gasteiger partial charge in [0, 0.05) is 28.2 Å². The fourth-order valence-corrected chi connectivity index (χ4v) is 4.78. The van der Waals surface area contributed by atoms with Crippen LogP contribution in [0.15, 0.2) is 42.5 Å². The summed E-state index contributed by atoms with van der Waals surface area (Å²) >= 11 is 12.8. The van der Waals surface area contributed by atoms with E-state index in [1.807, 2.05) is 38.1 Å². The van der Waals surface area contributed by atoms with Gasteiger partial charge >= 0.3 is 0 Å². The molecular weight excluding hydrogens is 459 g/mol. The molecule has 1 fully saturated rings. The summed E-state index contributed by atoms with van der Waals surface area (Å²) in [7, 11) is 0. The van der Waals surface area contributed by atoms with Gasteiger partial charge in [0.15, 0.2) is 6.61 Å². The number of hydrogen-bond acceptors (Lipinski definition) is 3. The number of nitrogens with one attached hydrogen (secondary N) is 1. The number of hydrogen-bond donors (Lipinski definition) is 1.